The quantitative estimate of drug-likeness (QED) is 0.321. The minimum absolute atomic E-state index is 0. The number of hydrogen-bond donors (Lipinski definition) is 2. The van der Waals surface area contributed by atoms with Crippen molar-refractivity contribution in [2.24, 2.45) is 10.9 Å². The van der Waals surface area contributed by atoms with E-state index in [0.29, 0.717) is 37.0 Å². The van der Waals surface area contributed by atoms with Gasteiger partial charge in [-0.2, -0.15) is 0 Å². The third-order valence-corrected chi connectivity index (χ3v) is 4.77. The van der Waals surface area contributed by atoms with Crippen molar-refractivity contribution in [3.63, 3.8) is 0 Å². The first-order chi connectivity index (χ1) is 13.0. The Hall–Kier alpha value is -1.00. The number of ether oxygens (including phenoxy) is 1. The Morgan fingerprint density at radius 2 is 1.93 bits per heavy atom. The second kappa shape index (κ2) is 13.3. The molecule has 1 aliphatic heterocycles. The summed E-state index contributed by atoms with van der Waals surface area (Å²) in [5, 5.41) is 6.48. The molecule has 1 saturated heterocycles. The minimum Gasteiger partial charge on any atom is -0.379 e. The average molecular weight is 510 g/mol. The molecule has 0 radical (unpaired) electrons. The van der Waals surface area contributed by atoms with Gasteiger partial charge in [0, 0.05) is 38.3 Å². The summed E-state index contributed by atoms with van der Waals surface area (Å²) in [6, 6.07) is 4.06. The number of aliphatic imine (C=N–C) groups is 1. The smallest absolute Gasteiger partial charge is 0.191 e. The molecule has 1 aromatic carbocycles. The summed E-state index contributed by atoms with van der Waals surface area (Å²) in [5.74, 6) is 0.148. The molecular weight excluding hydrogens is 477 g/mol. The molecule has 0 aromatic heterocycles. The van der Waals surface area contributed by atoms with E-state index in [1.807, 2.05) is 6.92 Å². The predicted molar refractivity (Wildman–Crippen MR) is 120 cm³/mol. The second-order valence-electron chi connectivity index (χ2n) is 7.09. The third-order valence-electron chi connectivity index (χ3n) is 4.77. The maximum absolute atomic E-state index is 13.7. The summed E-state index contributed by atoms with van der Waals surface area (Å²) < 4.78 is 32.2. The molecule has 0 spiro atoms. The van der Waals surface area contributed by atoms with Crippen molar-refractivity contribution < 1.29 is 13.5 Å². The van der Waals surface area contributed by atoms with Gasteiger partial charge in [-0.15, -0.1) is 24.0 Å². The summed E-state index contributed by atoms with van der Waals surface area (Å²) in [4.78, 5) is 7.18. The van der Waals surface area contributed by atoms with Gasteiger partial charge < -0.3 is 15.4 Å². The highest BCUT2D eigenvalue weighted by Crippen LogP contribution is 2.13. The van der Waals surface area contributed by atoms with E-state index in [4.69, 9.17) is 9.73 Å². The highest BCUT2D eigenvalue weighted by molar-refractivity contribution is 14.0. The van der Waals surface area contributed by atoms with Crippen LogP contribution >= 0.6 is 24.0 Å². The first kappa shape index (κ1) is 25.0. The van der Waals surface area contributed by atoms with Gasteiger partial charge in [0.25, 0.3) is 0 Å². The minimum atomic E-state index is -0.554. The van der Waals surface area contributed by atoms with Crippen LogP contribution in [0.1, 0.15) is 26.3 Å². The van der Waals surface area contributed by atoms with E-state index in [0.717, 1.165) is 44.9 Å². The molecule has 160 valence electrons. The zero-order valence-electron chi connectivity index (χ0n) is 17.0. The highest BCUT2D eigenvalue weighted by atomic mass is 127. The maximum atomic E-state index is 13.7. The predicted octanol–water partition coefficient (Wildman–Crippen LogP) is 3.04. The standard InChI is InChI=1S/C20H32F2N4O.HI/c1-4-23-20(24-8-7-16-5-6-17(21)13-18(16)22)25-14-19(15(2)3)26-9-11-27-12-10-26;/h5-6,13,15,19H,4,7-12,14H2,1-3H3,(H2,23,24,25);1H. The van der Waals surface area contributed by atoms with Crippen LogP contribution in [0.15, 0.2) is 23.2 Å². The molecule has 1 fully saturated rings. The van der Waals surface area contributed by atoms with E-state index in [-0.39, 0.29) is 24.0 Å². The topological polar surface area (TPSA) is 48.9 Å². The van der Waals surface area contributed by atoms with Crippen LogP contribution in [0.2, 0.25) is 0 Å². The van der Waals surface area contributed by atoms with Crippen molar-refractivity contribution in [1.29, 1.82) is 0 Å². The SMILES string of the molecule is CCNC(=NCC(C(C)C)N1CCOCC1)NCCc1ccc(F)cc1F.I. The highest BCUT2D eigenvalue weighted by Gasteiger charge is 2.23. The Balaban J connectivity index is 0.00000392. The Labute approximate surface area is 184 Å². The van der Waals surface area contributed by atoms with Crippen molar-refractivity contribution in [2.45, 2.75) is 33.2 Å². The largest absolute Gasteiger partial charge is 0.379 e. The monoisotopic (exact) mass is 510 g/mol. The molecule has 2 rings (SSSR count). The number of hydrogen-bond acceptors (Lipinski definition) is 3. The summed E-state index contributed by atoms with van der Waals surface area (Å²) in [5.41, 5.74) is 0.494. The van der Waals surface area contributed by atoms with Gasteiger partial charge in [-0.05, 0) is 30.9 Å². The Morgan fingerprint density at radius 1 is 1.21 bits per heavy atom. The molecule has 1 unspecified atom stereocenters. The molecule has 1 aliphatic rings. The molecule has 2 N–H and O–H groups in total. The van der Waals surface area contributed by atoms with Gasteiger partial charge in [0.05, 0.1) is 19.8 Å². The van der Waals surface area contributed by atoms with Crippen molar-refractivity contribution in [3.8, 4) is 0 Å². The van der Waals surface area contributed by atoms with Gasteiger partial charge in [0.2, 0.25) is 0 Å². The molecule has 8 heteroatoms. The molecule has 28 heavy (non-hydrogen) atoms. The van der Waals surface area contributed by atoms with E-state index in [9.17, 15) is 8.78 Å². The van der Waals surface area contributed by atoms with E-state index < -0.39 is 11.6 Å². The Kier molecular flexibility index (Phi) is 11.9. The Morgan fingerprint density at radius 3 is 2.54 bits per heavy atom. The lowest BCUT2D eigenvalue weighted by Crippen LogP contribution is -2.48. The molecule has 0 bridgehead atoms. The summed E-state index contributed by atoms with van der Waals surface area (Å²) in [7, 11) is 0. The van der Waals surface area contributed by atoms with Crippen molar-refractivity contribution in [3.05, 3.63) is 35.4 Å². The fraction of sp³-hybridized carbons (Fsp3) is 0.650. The van der Waals surface area contributed by atoms with Gasteiger partial charge in [0.1, 0.15) is 11.6 Å². The van der Waals surface area contributed by atoms with Gasteiger partial charge >= 0.3 is 0 Å². The van der Waals surface area contributed by atoms with E-state index >= 15 is 0 Å². The number of benzene rings is 1. The van der Waals surface area contributed by atoms with E-state index in [1.165, 1.54) is 12.1 Å². The number of halogens is 3. The molecule has 0 aliphatic carbocycles. The Bertz CT molecular complexity index is 610. The lowest BCUT2D eigenvalue weighted by molar-refractivity contribution is 0.00867. The third kappa shape index (κ3) is 8.16. The molecule has 1 aromatic rings. The maximum Gasteiger partial charge on any atom is 0.191 e. The number of rotatable bonds is 8. The van der Waals surface area contributed by atoms with Crippen LogP contribution in [-0.4, -0.2) is 62.8 Å². The lowest BCUT2D eigenvalue weighted by atomic mass is 10.0. The van der Waals surface area contributed by atoms with Gasteiger partial charge in [-0.1, -0.05) is 19.9 Å². The van der Waals surface area contributed by atoms with Crippen LogP contribution in [0.25, 0.3) is 0 Å². The molecule has 0 amide bonds. The van der Waals surface area contributed by atoms with Crippen molar-refractivity contribution in [1.82, 2.24) is 15.5 Å². The van der Waals surface area contributed by atoms with Crippen LogP contribution in [0.4, 0.5) is 8.78 Å². The van der Waals surface area contributed by atoms with Crippen LogP contribution in [-0.2, 0) is 11.2 Å². The van der Waals surface area contributed by atoms with Gasteiger partial charge in [0.15, 0.2) is 5.96 Å². The fourth-order valence-corrected chi connectivity index (χ4v) is 3.22. The number of nitrogens with one attached hydrogen (secondary N) is 2. The van der Waals surface area contributed by atoms with E-state index in [2.05, 4.69) is 29.4 Å². The number of guanidine groups is 1. The van der Waals surface area contributed by atoms with Crippen molar-refractivity contribution in [2.75, 3.05) is 45.9 Å². The normalized spacial score (nSPS) is 16.6. The van der Waals surface area contributed by atoms with Gasteiger partial charge in [-0.3, -0.25) is 9.89 Å². The second-order valence-corrected chi connectivity index (χ2v) is 7.09. The van der Waals surface area contributed by atoms with Gasteiger partial charge in [-0.25, -0.2) is 8.78 Å². The molecule has 5 nitrogen and oxygen atoms in total. The van der Waals surface area contributed by atoms with Crippen LogP contribution in [0.3, 0.4) is 0 Å². The number of morpholine rings is 1. The first-order valence-corrected chi connectivity index (χ1v) is 9.79. The van der Waals surface area contributed by atoms with Crippen LogP contribution in [0.5, 0.6) is 0 Å². The first-order valence-electron chi connectivity index (χ1n) is 9.79. The zero-order chi connectivity index (χ0) is 19.6. The molecular formula is C20H33F2IN4O. The molecule has 0 saturated carbocycles. The molecule has 1 atom stereocenters. The number of nitrogens with zero attached hydrogens (tertiary/aromatic N) is 2. The zero-order valence-corrected chi connectivity index (χ0v) is 19.3. The van der Waals surface area contributed by atoms with Crippen molar-refractivity contribution >= 4 is 29.9 Å². The van der Waals surface area contributed by atoms with E-state index in [1.54, 1.807) is 0 Å². The summed E-state index contributed by atoms with van der Waals surface area (Å²) >= 11 is 0. The van der Waals surface area contributed by atoms with Crippen LogP contribution < -0.4 is 10.6 Å². The molecule has 1 heterocycles. The lowest BCUT2D eigenvalue weighted by Gasteiger charge is -2.36. The summed E-state index contributed by atoms with van der Waals surface area (Å²) in [6.45, 7) is 11.8. The average Bonchev–Trinajstić information content (AvgIpc) is 2.64. The van der Waals surface area contributed by atoms with Crippen LogP contribution in [0, 0.1) is 17.6 Å². The summed E-state index contributed by atoms with van der Waals surface area (Å²) in [6.07, 6.45) is 0.466. The fourth-order valence-electron chi connectivity index (χ4n) is 3.22.